The van der Waals surface area contributed by atoms with Crippen LogP contribution in [0.1, 0.15) is 5.56 Å². The molecule has 15 heavy (non-hydrogen) atoms. The number of hydrogen-bond acceptors (Lipinski definition) is 3. The molecule has 0 saturated carbocycles. The van der Waals surface area contributed by atoms with Crippen molar-refractivity contribution in [1.29, 1.82) is 5.41 Å². The van der Waals surface area contributed by atoms with Gasteiger partial charge in [0.2, 0.25) is 0 Å². The van der Waals surface area contributed by atoms with Gasteiger partial charge in [0.25, 0.3) is 10.0 Å². The predicted octanol–water partition coefficient (Wildman–Crippen LogP) is 1.44. The number of hydrogen-bond donors (Lipinski definition) is 2. The number of benzene rings is 1. The van der Waals surface area contributed by atoms with Gasteiger partial charge in [-0.15, -0.1) is 0 Å². The standard InChI is InChI=1S/C10H12N2O2S/c1-9-3-5-10(6-4-9)15(13,14)12-8-2-7-11/h2-8,11-12H,1H3/b8-2-,11-7?. The molecule has 0 aromatic heterocycles. The van der Waals surface area contributed by atoms with Crippen molar-refractivity contribution in [3.8, 4) is 0 Å². The SMILES string of the molecule is Cc1ccc(S(=O)(=O)N/C=C\C=N)cc1. The maximum absolute atomic E-state index is 11.6. The maximum Gasteiger partial charge on any atom is 0.261 e. The quantitative estimate of drug-likeness (QED) is 0.760. The van der Waals surface area contributed by atoms with E-state index in [2.05, 4.69) is 4.72 Å². The summed E-state index contributed by atoms with van der Waals surface area (Å²) in [5.41, 5.74) is 1.00. The first-order valence-electron chi connectivity index (χ1n) is 4.31. The zero-order chi connectivity index (χ0) is 11.3. The minimum Gasteiger partial charge on any atom is -0.309 e. The van der Waals surface area contributed by atoms with Gasteiger partial charge in [-0.05, 0) is 25.1 Å². The van der Waals surface area contributed by atoms with Crippen LogP contribution in [0.4, 0.5) is 0 Å². The van der Waals surface area contributed by atoms with Gasteiger partial charge >= 0.3 is 0 Å². The van der Waals surface area contributed by atoms with Crippen LogP contribution < -0.4 is 4.72 Å². The molecule has 0 radical (unpaired) electrons. The molecule has 1 aromatic rings. The Hall–Kier alpha value is -1.62. The molecule has 1 aromatic carbocycles. The maximum atomic E-state index is 11.6. The fourth-order valence-electron chi connectivity index (χ4n) is 0.962. The molecule has 1 rings (SSSR count). The van der Waals surface area contributed by atoms with Crippen LogP contribution in [0.25, 0.3) is 0 Å². The van der Waals surface area contributed by atoms with Crippen molar-refractivity contribution in [3.63, 3.8) is 0 Å². The minimum absolute atomic E-state index is 0.211. The summed E-state index contributed by atoms with van der Waals surface area (Å²) >= 11 is 0. The van der Waals surface area contributed by atoms with Gasteiger partial charge < -0.3 is 5.41 Å². The summed E-state index contributed by atoms with van der Waals surface area (Å²) in [4.78, 5) is 0.211. The number of aryl methyl sites for hydroxylation is 1. The Bertz CT molecular complexity index is 461. The largest absolute Gasteiger partial charge is 0.309 e. The lowest BCUT2D eigenvalue weighted by molar-refractivity contribution is 0.590. The zero-order valence-corrected chi connectivity index (χ0v) is 9.08. The third kappa shape index (κ3) is 3.21. The highest BCUT2D eigenvalue weighted by Gasteiger charge is 2.10. The van der Waals surface area contributed by atoms with Crippen molar-refractivity contribution in [2.24, 2.45) is 0 Å². The summed E-state index contributed by atoms with van der Waals surface area (Å²) < 4.78 is 25.4. The van der Waals surface area contributed by atoms with E-state index in [0.717, 1.165) is 11.8 Å². The first-order valence-corrected chi connectivity index (χ1v) is 5.79. The number of allylic oxidation sites excluding steroid dienone is 1. The fraction of sp³-hybridized carbons (Fsp3) is 0.100. The Morgan fingerprint density at radius 3 is 2.40 bits per heavy atom. The summed E-state index contributed by atoms with van der Waals surface area (Å²) in [7, 11) is -3.49. The topological polar surface area (TPSA) is 70.0 Å². The Labute approximate surface area is 89.2 Å². The second-order valence-electron chi connectivity index (χ2n) is 2.96. The molecule has 0 bridgehead atoms. The molecular formula is C10H12N2O2S. The van der Waals surface area contributed by atoms with E-state index in [9.17, 15) is 8.42 Å². The molecule has 4 nitrogen and oxygen atoms in total. The van der Waals surface area contributed by atoms with E-state index in [1.54, 1.807) is 12.1 Å². The summed E-state index contributed by atoms with van der Waals surface area (Å²) in [6.07, 6.45) is 3.51. The monoisotopic (exact) mass is 224 g/mol. The van der Waals surface area contributed by atoms with Gasteiger partial charge in [-0.1, -0.05) is 17.7 Å². The van der Waals surface area contributed by atoms with Gasteiger partial charge in [0.1, 0.15) is 0 Å². The van der Waals surface area contributed by atoms with Crippen molar-refractivity contribution in [2.45, 2.75) is 11.8 Å². The number of nitrogens with one attached hydrogen (secondary N) is 2. The van der Waals surface area contributed by atoms with Crippen molar-refractivity contribution < 1.29 is 8.42 Å². The second kappa shape index (κ2) is 4.75. The molecule has 0 unspecified atom stereocenters. The molecule has 0 atom stereocenters. The molecule has 0 saturated heterocycles. The smallest absolute Gasteiger partial charge is 0.261 e. The van der Waals surface area contributed by atoms with Crippen molar-refractivity contribution in [3.05, 3.63) is 42.1 Å². The van der Waals surface area contributed by atoms with Crippen molar-refractivity contribution in [2.75, 3.05) is 0 Å². The third-order valence-corrected chi connectivity index (χ3v) is 3.09. The fourth-order valence-corrected chi connectivity index (χ4v) is 1.85. The molecule has 0 heterocycles. The third-order valence-electron chi connectivity index (χ3n) is 1.75. The van der Waals surface area contributed by atoms with Crippen LogP contribution in [-0.2, 0) is 10.0 Å². The van der Waals surface area contributed by atoms with E-state index in [1.165, 1.54) is 24.4 Å². The molecule has 0 aliphatic rings. The molecule has 0 amide bonds. The molecule has 0 spiro atoms. The highest BCUT2D eigenvalue weighted by molar-refractivity contribution is 7.89. The Morgan fingerprint density at radius 2 is 1.87 bits per heavy atom. The molecule has 2 N–H and O–H groups in total. The van der Waals surface area contributed by atoms with Gasteiger partial charge in [-0.3, -0.25) is 4.72 Å². The lowest BCUT2D eigenvalue weighted by Crippen LogP contribution is -2.17. The van der Waals surface area contributed by atoms with Gasteiger partial charge in [0.05, 0.1) is 4.90 Å². The highest BCUT2D eigenvalue weighted by Crippen LogP contribution is 2.09. The van der Waals surface area contributed by atoms with E-state index < -0.39 is 10.0 Å². The average Bonchev–Trinajstić information content (AvgIpc) is 2.18. The lowest BCUT2D eigenvalue weighted by Gasteiger charge is -2.03. The molecule has 0 aliphatic carbocycles. The van der Waals surface area contributed by atoms with E-state index >= 15 is 0 Å². The van der Waals surface area contributed by atoms with Crippen LogP contribution in [0.2, 0.25) is 0 Å². The van der Waals surface area contributed by atoms with Gasteiger partial charge in [0.15, 0.2) is 0 Å². The van der Waals surface area contributed by atoms with Crippen molar-refractivity contribution >= 4 is 16.2 Å². The zero-order valence-electron chi connectivity index (χ0n) is 8.27. The highest BCUT2D eigenvalue weighted by atomic mass is 32.2. The van der Waals surface area contributed by atoms with E-state index in [1.807, 2.05) is 6.92 Å². The summed E-state index contributed by atoms with van der Waals surface area (Å²) in [6.45, 7) is 1.89. The van der Waals surface area contributed by atoms with Crippen LogP contribution in [0, 0.1) is 12.3 Å². The minimum atomic E-state index is -3.49. The predicted molar refractivity (Wildman–Crippen MR) is 59.4 cm³/mol. The van der Waals surface area contributed by atoms with Gasteiger partial charge in [0, 0.05) is 12.4 Å². The lowest BCUT2D eigenvalue weighted by atomic mass is 10.2. The normalized spacial score (nSPS) is 11.5. The van der Waals surface area contributed by atoms with E-state index in [-0.39, 0.29) is 4.90 Å². The van der Waals surface area contributed by atoms with Crippen LogP contribution in [0.3, 0.4) is 0 Å². The Balaban J connectivity index is 2.91. The van der Waals surface area contributed by atoms with E-state index in [4.69, 9.17) is 5.41 Å². The first-order chi connectivity index (χ1) is 7.06. The summed E-state index contributed by atoms with van der Waals surface area (Å²) in [5, 5.41) is 6.70. The van der Waals surface area contributed by atoms with Gasteiger partial charge in [-0.2, -0.15) is 0 Å². The summed E-state index contributed by atoms with van der Waals surface area (Å²) in [6, 6.07) is 6.54. The number of rotatable bonds is 4. The van der Waals surface area contributed by atoms with Crippen LogP contribution in [-0.4, -0.2) is 14.6 Å². The van der Waals surface area contributed by atoms with E-state index in [0.29, 0.717) is 0 Å². The molecule has 5 heteroatoms. The summed E-state index contributed by atoms with van der Waals surface area (Å²) in [5.74, 6) is 0. The molecule has 80 valence electrons. The molecule has 0 aliphatic heterocycles. The van der Waals surface area contributed by atoms with Crippen LogP contribution >= 0.6 is 0 Å². The van der Waals surface area contributed by atoms with Crippen LogP contribution in [0.15, 0.2) is 41.4 Å². The number of sulfonamides is 1. The van der Waals surface area contributed by atoms with Gasteiger partial charge in [-0.25, -0.2) is 8.42 Å². The molecule has 0 fully saturated rings. The van der Waals surface area contributed by atoms with Crippen LogP contribution in [0.5, 0.6) is 0 Å². The first kappa shape index (κ1) is 11.5. The second-order valence-corrected chi connectivity index (χ2v) is 4.67. The molecular weight excluding hydrogens is 212 g/mol. The van der Waals surface area contributed by atoms with Crippen molar-refractivity contribution in [1.82, 2.24) is 4.72 Å². The average molecular weight is 224 g/mol. The Kier molecular flexibility index (Phi) is 3.62. The Morgan fingerprint density at radius 1 is 1.27 bits per heavy atom.